The van der Waals surface area contributed by atoms with Crippen LogP contribution in [-0.2, 0) is 15.6 Å². The maximum Gasteiger partial charge on any atom is 0.271 e. The lowest BCUT2D eigenvalue weighted by molar-refractivity contribution is -0.384. The van der Waals surface area contributed by atoms with Crippen molar-refractivity contribution in [2.45, 2.75) is 17.6 Å². The predicted molar refractivity (Wildman–Crippen MR) is 88.3 cm³/mol. The number of sulfone groups is 1. The van der Waals surface area contributed by atoms with Crippen LogP contribution in [0.25, 0.3) is 11.0 Å². The Morgan fingerprint density at radius 3 is 2.46 bits per heavy atom. The summed E-state index contributed by atoms with van der Waals surface area (Å²) in [6.07, 6.45) is 1.33. The van der Waals surface area contributed by atoms with Crippen LogP contribution in [0.4, 0.5) is 5.69 Å². The molecule has 7 nitrogen and oxygen atoms in total. The zero-order chi connectivity index (χ0) is 17.3. The Morgan fingerprint density at radius 2 is 1.79 bits per heavy atom. The van der Waals surface area contributed by atoms with E-state index in [0.717, 1.165) is 5.56 Å². The van der Waals surface area contributed by atoms with Crippen molar-refractivity contribution >= 4 is 26.6 Å². The van der Waals surface area contributed by atoms with Gasteiger partial charge in [-0.25, -0.2) is 13.4 Å². The molecule has 3 aromatic rings. The summed E-state index contributed by atoms with van der Waals surface area (Å²) in [4.78, 5) is 18.8. The largest absolute Gasteiger partial charge is 0.271 e. The van der Waals surface area contributed by atoms with Gasteiger partial charge in [-0.1, -0.05) is 17.7 Å². The Hall–Kier alpha value is -2.87. The normalized spacial score (nSPS) is 11.5. The quantitative estimate of drug-likeness (QED) is 0.533. The molecule has 0 fully saturated rings. The molecule has 0 N–H and O–H groups in total. The zero-order valence-electron chi connectivity index (χ0n) is 12.7. The summed E-state index contributed by atoms with van der Waals surface area (Å²) in [6.45, 7) is 1.88. The van der Waals surface area contributed by atoms with Crippen LogP contribution >= 0.6 is 0 Å². The third kappa shape index (κ3) is 3.23. The number of aryl methyl sites for hydroxylation is 1. The van der Waals surface area contributed by atoms with Gasteiger partial charge in [-0.3, -0.25) is 15.1 Å². The minimum absolute atomic E-state index is 0.0863. The fourth-order valence-electron chi connectivity index (χ4n) is 2.24. The van der Waals surface area contributed by atoms with Crippen LogP contribution in [0.1, 0.15) is 11.3 Å². The number of hydrogen-bond acceptors (Lipinski definition) is 6. The number of fused-ring (bicyclic) bond motifs is 1. The predicted octanol–water partition coefficient (Wildman–Crippen LogP) is 2.82. The van der Waals surface area contributed by atoms with Crippen molar-refractivity contribution in [3.05, 3.63) is 70.0 Å². The van der Waals surface area contributed by atoms with Gasteiger partial charge in [0.05, 0.1) is 38.5 Å². The molecule has 3 rings (SSSR count). The molecule has 0 atom stereocenters. The molecular formula is C16H13N3O4S. The van der Waals surface area contributed by atoms with Crippen molar-refractivity contribution in [3.63, 3.8) is 0 Å². The Labute approximate surface area is 138 Å². The van der Waals surface area contributed by atoms with Crippen molar-refractivity contribution in [3.8, 4) is 0 Å². The first-order chi connectivity index (χ1) is 11.3. The number of nitro benzene ring substituents is 1. The van der Waals surface area contributed by atoms with E-state index >= 15 is 0 Å². The van der Waals surface area contributed by atoms with Crippen molar-refractivity contribution in [2.24, 2.45) is 0 Å². The molecule has 0 aliphatic rings. The Balaban J connectivity index is 1.93. The molecule has 0 amide bonds. The van der Waals surface area contributed by atoms with Gasteiger partial charge in [0.25, 0.3) is 5.69 Å². The number of rotatable bonds is 4. The van der Waals surface area contributed by atoms with Crippen LogP contribution in [0.15, 0.2) is 53.6 Å². The summed E-state index contributed by atoms with van der Waals surface area (Å²) in [5.74, 6) is -0.282. The second kappa shape index (κ2) is 5.97. The van der Waals surface area contributed by atoms with Gasteiger partial charge in [0.2, 0.25) is 0 Å². The monoisotopic (exact) mass is 343 g/mol. The van der Waals surface area contributed by atoms with Gasteiger partial charge < -0.3 is 0 Å². The molecule has 24 heavy (non-hydrogen) atoms. The second-order valence-corrected chi connectivity index (χ2v) is 7.35. The summed E-state index contributed by atoms with van der Waals surface area (Å²) in [5.41, 5.74) is 1.94. The molecule has 0 saturated heterocycles. The lowest BCUT2D eigenvalue weighted by Crippen LogP contribution is -2.07. The maximum absolute atomic E-state index is 12.4. The van der Waals surface area contributed by atoms with Crippen LogP contribution in [0.5, 0.6) is 0 Å². The molecule has 0 spiro atoms. The highest BCUT2D eigenvalue weighted by atomic mass is 32.2. The molecule has 1 aromatic heterocycles. The van der Waals surface area contributed by atoms with E-state index in [1.165, 1.54) is 24.4 Å². The number of benzene rings is 2. The smallest absolute Gasteiger partial charge is 0.258 e. The molecular weight excluding hydrogens is 330 g/mol. The third-order valence-electron chi connectivity index (χ3n) is 3.50. The Bertz CT molecular complexity index is 1030. The summed E-state index contributed by atoms with van der Waals surface area (Å²) < 4.78 is 24.9. The van der Waals surface area contributed by atoms with Crippen LogP contribution in [0, 0.1) is 17.0 Å². The van der Waals surface area contributed by atoms with Gasteiger partial charge in [-0.05, 0) is 25.1 Å². The molecule has 8 heteroatoms. The average Bonchev–Trinajstić information content (AvgIpc) is 2.54. The number of non-ortho nitro benzene ring substituents is 1. The standard InChI is InChI=1S/C16H13N3O4S/c1-11-2-5-14(6-3-11)24(22,23)10-12-9-17-16-8-13(19(20)21)4-7-15(16)18-12/h2-9H,10H2,1H3. The van der Waals surface area contributed by atoms with Crippen LogP contribution in [-0.4, -0.2) is 23.3 Å². The van der Waals surface area contributed by atoms with E-state index in [1.54, 1.807) is 24.3 Å². The summed E-state index contributed by atoms with van der Waals surface area (Å²) >= 11 is 0. The Kier molecular flexibility index (Phi) is 3.98. The summed E-state index contributed by atoms with van der Waals surface area (Å²) in [6, 6.07) is 10.7. The Morgan fingerprint density at radius 1 is 1.08 bits per heavy atom. The van der Waals surface area contributed by atoms with Gasteiger partial charge in [-0.2, -0.15) is 0 Å². The van der Waals surface area contributed by atoms with Crippen molar-refractivity contribution < 1.29 is 13.3 Å². The minimum atomic E-state index is -3.53. The molecule has 0 radical (unpaired) electrons. The SMILES string of the molecule is Cc1ccc(S(=O)(=O)Cc2cnc3cc([N+](=O)[O-])ccc3n2)cc1. The second-order valence-electron chi connectivity index (χ2n) is 5.36. The van der Waals surface area contributed by atoms with E-state index in [1.807, 2.05) is 6.92 Å². The number of nitrogens with zero attached hydrogens (tertiary/aromatic N) is 3. The van der Waals surface area contributed by atoms with E-state index in [9.17, 15) is 18.5 Å². The average molecular weight is 343 g/mol. The molecule has 0 unspecified atom stereocenters. The molecule has 2 aromatic carbocycles. The highest BCUT2D eigenvalue weighted by Crippen LogP contribution is 2.20. The van der Waals surface area contributed by atoms with Crippen LogP contribution < -0.4 is 0 Å². The highest BCUT2D eigenvalue weighted by molar-refractivity contribution is 7.90. The molecule has 0 saturated carbocycles. The van der Waals surface area contributed by atoms with Crippen molar-refractivity contribution in [1.82, 2.24) is 9.97 Å². The maximum atomic E-state index is 12.4. The van der Waals surface area contributed by atoms with E-state index in [0.29, 0.717) is 11.0 Å². The topological polar surface area (TPSA) is 103 Å². The van der Waals surface area contributed by atoms with Gasteiger partial charge in [0, 0.05) is 12.1 Å². The molecule has 0 aliphatic heterocycles. The molecule has 122 valence electrons. The number of aromatic nitrogens is 2. The van der Waals surface area contributed by atoms with Crippen molar-refractivity contribution in [2.75, 3.05) is 0 Å². The fraction of sp³-hybridized carbons (Fsp3) is 0.125. The van der Waals surface area contributed by atoms with Gasteiger partial charge in [-0.15, -0.1) is 0 Å². The zero-order valence-corrected chi connectivity index (χ0v) is 13.5. The molecule has 0 bridgehead atoms. The minimum Gasteiger partial charge on any atom is -0.258 e. The van der Waals surface area contributed by atoms with E-state index in [-0.39, 0.29) is 22.0 Å². The van der Waals surface area contributed by atoms with Crippen LogP contribution in [0.3, 0.4) is 0 Å². The van der Waals surface area contributed by atoms with Gasteiger partial charge in [0.1, 0.15) is 0 Å². The lowest BCUT2D eigenvalue weighted by atomic mass is 10.2. The van der Waals surface area contributed by atoms with E-state index in [2.05, 4.69) is 9.97 Å². The molecule has 0 aliphatic carbocycles. The molecule has 1 heterocycles. The first kappa shape index (κ1) is 16.0. The number of hydrogen-bond donors (Lipinski definition) is 0. The van der Waals surface area contributed by atoms with Gasteiger partial charge in [0.15, 0.2) is 9.84 Å². The summed E-state index contributed by atoms with van der Waals surface area (Å²) in [5, 5.41) is 10.8. The van der Waals surface area contributed by atoms with Gasteiger partial charge >= 0.3 is 0 Å². The highest BCUT2D eigenvalue weighted by Gasteiger charge is 2.17. The lowest BCUT2D eigenvalue weighted by Gasteiger charge is -2.05. The van der Waals surface area contributed by atoms with Crippen LogP contribution in [0.2, 0.25) is 0 Å². The fourth-order valence-corrected chi connectivity index (χ4v) is 3.49. The first-order valence-electron chi connectivity index (χ1n) is 7.05. The first-order valence-corrected chi connectivity index (χ1v) is 8.70. The summed E-state index contributed by atoms with van der Waals surface area (Å²) in [7, 11) is -3.53. The van der Waals surface area contributed by atoms with Crippen molar-refractivity contribution in [1.29, 1.82) is 0 Å². The van der Waals surface area contributed by atoms with E-state index < -0.39 is 14.8 Å². The number of nitro groups is 1. The third-order valence-corrected chi connectivity index (χ3v) is 5.17. The van der Waals surface area contributed by atoms with E-state index in [4.69, 9.17) is 0 Å².